The molecule has 2 N–H and O–H groups in total. The number of hydrogen-bond donors (Lipinski definition) is 2. The lowest BCUT2D eigenvalue weighted by Crippen LogP contribution is -2.47. The lowest BCUT2D eigenvalue weighted by atomic mass is 9.77. The molecule has 1 aliphatic heterocycles. The largest absolute Gasteiger partial charge is 0.444 e. The topological polar surface area (TPSA) is 71.7 Å². The molecule has 2 heterocycles. The van der Waals surface area contributed by atoms with Crippen molar-refractivity contribution in [2.45, 2.75) is 18.4 Å². The minimum atomic E-state index is -1.13. The molecule has 1 saturated heterocycles. The van der Waals surface area contributed by atoms with Gasteiger partial charge in [-0.1, -0.05) is 30.3 Å². The minimum absolute atomic E-state index is 0.0253. The van der Waals surface area contributed by atoms with Crippen molar-refractivity contribution in [2.75, 3.05) is 19.8 Å². The number of furan rings is 1. The Morgan fingerprint density at radius 3 is 2.54 bits per heavy atom. The summed E-state index contributed by atoms with van der Waals surface area (Å²) in [6.45, 7) is 1.37. The highest BCUT2D eigenvalue weighted by molar-refractivity contribution is 9.10. The van der Waals surface area contributed by atoms with Crippen molar-refractivity contribution in [1.82, 2.24) is 5.32 Å². The number of hydrogen-bond acceptors (Lipinski definition) is 4. The molecular formula is C18H20BrNO4. The van der Waals surface area contributed by atoms with Crippen molar-refractivity contribution in [3.63, 3.8) is 0 Å². The molecule has 5 nitrogen and oxygen atoms in total. The normalized spacial score (nSPS) is 18.1. The molecule has 1 unspecified atom stereocenters. The molecule has 0 aliphatic carbocycles. The zero-order chi connectivity index (χ0) is 17.0. The number of benzene rings is 1. The lowest BCUT2D eigenvalue weighted by molar-refractivity contribution is -0.0681. The zero-order valence-corrected chi connectivity index (χ0v) is 14.8. The predicted molar refractivity (Wildman–Crippen MR) is 92.6 cm³/mol. The van der Waals surface area contributed by atoms with Crippen molar-refractivity contribution in [1.29, 1.82) is 0 Å². The molecule has 0 spiro atoms. The highest BCUT2D eigenvalue weighted by Gasteiger charge is 2.39. The number of rotatable bonds is 5. The first-order valence-corrected chi connectivity index (χ1v) is 8.78. The molecule has 2 aromatic rings. The van der Waals surface area contributed by atoms with Gasteiger partial charge in [-0.15, -0.1) is 0 Å². The van der Waals surface area contributed by atoms with E-state index < -0.39 is 5.60 Å². The Balaban J connectivity index is 1.78. The third kappa shape index (κ3) is 3.71. The molecule has 0 radical (unpaired) electrons. The highest BCUT2D eigenvalue weighted by atomic mass is 79.9. The lowest BCUT2D eigenvalue weighted by Gasteiger charge is -2.39. The Morgan fingerprint density at radius 2 is 1.92 bits per heavy atom. The van der Waals surface area contributed by atoms with Crippen molar-refractivity contribution in [2.24, 2.45) is 5.92 Å². The van der Waals surface area contributed by atoms with Gasteiger partial charge < -0.3 is 19.6 Å². The Morgan fingerprint density at radius 1 is 1.21 bits per heavy atom. The Bertz CT molecular complexity index is 681. The molecule has 1 aromatic heterocycles. The molecule has 24 heavy (non-hydrogen) atoms. The highest BCUT2D eigenvalue weighted by Crippen LogP contribution is 2.35. The third-order valence-electron chi connectivity index (χ3n) is 4.49. The summed E-state index contributed by atoms with van der Waals surface area (Å²) in [5.41, 5.74) is -0.331. The Kier molecular flexibility index (Phi) is 5.38. The van der Waals surface area contributed by atoms with Crippen LogP contribution in [0.2, 0.25) is 0 Å². The molecule has 0 saturated carbocycles. The van der Waals surface area contributed by atoms with E-state index in [1.165, 1.54) is 0 Å². The summed E-state index contributed by atoms with van der Waals surface area (Å²) < 4.78 is 11.2. The number of halogens is 1. The first-order chi connectivity index (χ1) is 11.6. The summed E-state index contributed by atoms with van der Waals surface area (Å²) in [5, 5.41) is 14.2. The van der Waals surface area contributed by atoms with Gasteiger partial charge in [-0.05, 0) is 52.4 Å². The monoisotopic (exact) mass is 393 g/mol. The number of aliphatic hydroxyl groups is 1. The molecule has 0 bridgehead atoms. The minimum Gasteiger partial charge on any atom is -0.444 e. The summed E-state index contributed by atoms with van der Waals surface area (Å²) >= 11 is 3.18. The molecular weight excluding hydrogens is 374 g/mol. The second-order valence-corrected chi connectivity index (χ2v) is 6.74. The molecule has 1 atom stereocenters. The SMILES string of the molecule is O=C(NCC(O)(c1ccccc1)C1CCOCC1)c1ccc(Br)o1. The Labute approximate surface area is 149 Å². The van der Waals surface area contributed by atoms with Gasteiger partial charge in [0.1, 0.15) is 5.60 Å². The van der Waals surface area contributed by atoms with Crippen LogP contribution in [0.25, 0.3) is 0 Å². The second-order valence-electron chi connectivity index (χ2n) is 5.96. The number of carbonyl (C=O) groups is 1. The van der Waals surface area contributed by atoms with E-state index >= 15 is 0 Å². The van der Waals surface area contributed by atoms with Gasteiger partial charge in [-0.3, -0.25) is 4.79 Å². The summed E-state index contributed by atoms with van der Waals surface area (Å²) in [7, 11) is 0. The average Bonchev–Trinajstić information content (AvgIpc) is 3.07. The van der Waals surface area contributed by atoms with E-state index in [9.17, 15) is 9.90 Å². The third-order valence-corrected chi connectivity index (χ3v) is 4.91. The van der Waals surface area contributed by atoms with Crippen molar-refractivity contribution in [3.8, 4) is 0 Å². The van der Waals surface area contributed by atoms with Crippen LogP contribution >= 0.6 is 15.9 Å². The van der Waals surface area contributed by atoms with E-state index in [4.69, 9.17) is 9.15 Å². The van der Waals surface area contributed by atoms with Crippen molar-refractivity contribution in [3.05, 3.63) is 58.5 Å². The van der Waals surface area contributed by atoms with Crippen LogP contribution in [0.15, 0.2) is 51.6 Å². The summed E-state index contributed by atoms with van der Waals surface area (Å²) in [5.74, 6) is -0.108. The molecule has 3 rings (SSSR count). The first-order valence-electron chi connectivity index (χ1n) is 7.99. The molecule has 6 heteroatoms. The Hall–Kier alpha value is -1.63. The van der Waals surface area contributed by atoms with Crippen LogP contribution in [-0.2, 0) is 10.3 Å². The van der Waals surface area contributed by atoms with E-state index in [0.29, 0.717) is 17.9 Å². The fraction of sp³-hybridized carbons (Fsp3) is 0.389. The van der Waals surface area contributed by atoms with Gasteiger partial charge in [0.05, 0.1) is 6.54 Å². The molecule has 128 valence electrons. The summed E-state index contributed by atoms with van der Waals surface area (Å²) in [4.78, 5) is 12.3. The van der Waals surface area contributed by atoms with E-state index in [0.717, 1.165) is 18.4 Å². The first kappa shape index (κ1) is 17.2. The molecule has 1 aliphatic rings. The van der Waals surface area contributed by atoms with Gasteiger partial charge in [0.2, 0.25) is 0 Å². The van der Waals surface area contributed by atoms with Crippen LogP contribution in [-0.4, -0.2) is 30.8 Å². The quantitative estimate of drug-likeness (QED) is 0.818. The maximum Gasteiger partial charge on any atom is 0.287 e. The maximum absolute atomic E-state index is 12.3. The molecule has 1 amide bonds. The summed E-state index contributed by atoms with van der Waals surface area (Å²) in [6.07, 6.45) is 1.52. The van der Waals surface area contributed by atoms with Gasteiger partial charge in [0.15, 0.2) is 10.4 Å². The van der Waals surface area contributed by atoms with Gasteiger partial charge in [0, 0.05) is 13.2 Å². The number of carbonyl (C=O) groups excluding carboxylic acids is 1. The molecule has 1 aromatic carbocycles. The predicted octanol–water partition coefficient (Wildman–Crippen LogP) is 3.09. The molecule has 1 fully saturated rings. The van der Waals surface area contributed by atoms with Crippen LogP contribution in [0.5, 0.6) is 0 Å². The van der Waals surface area contributed by atoms with Gasteiger partial charge in [-0.2, -0.15) is 0 Å². The van der Waals surface area contributed by atoms with E-state index in [-0.39, 0.29) is 24.1 Å². The van der Waals surface area contributed by atoms with Crippen LogP contribution < -0.4 is 5.32 Å². The maximum atomic E-state index is 12.3. The standard InChI is InChI=1S/C18H20BrNO4/c19-16-7-6-15(24-16)17(21)20-12-18(22,13-4-2-1-3-5-13)14-8-10-23-11-9-14/h1-7,14,22H,8-12H2,(H,20,21). The van der Waals surface area contributed by atoms with Crippen LogP contribution in [0, 0.1) is 5.92 Å². The van der Waals surface area contributed by atoms with Crippen molar-refractivity contribution < 1.29 is 19.1 Å². The zero-order valence-electron chi connectivity index (χ0n) is 13.2. The van der Waals surface area contributed by atoms with E-state index in [1.807, 2.05) is 30.3 Å². The van der Waals surface area contributed by atoms with Gasteiger partial charge in [-0.25, -0.2) is 0 Å². The number of amides is 1. The van der Waals surface area contributed by atoms with Gasteiger partial charge >= 0.3 is 0 Å². The van der Waals surface area contributed by atoms with Crippen LogP contribution in [0.4, 0.5) is 0 Å². The number of ether oxygens (including phenoxy) is 1. The van der Waals surface area contributed by atoms with Gasteiger partial charge in [0.25, 0.3) is 5.91 Å². The fourth-order valence-corrected chi connectivity index (χ4v) is 3.43. The average molecular weight is 394 g/mol. The van der Waals surface area contributed by atoms with Crippen molar-refractivity contribution >= 4 is 21.8 Å². The number of nitrogens with one attached hydrogen (secondary N) is 1. The summed E-state index contributed by atoms with van der Waals surface area (Å²) in [6, 6.07) is 12.7. The van der Waals surface area contributed by atoms with Crippen LogP contribution in [0.3, 0.4) is 0 Å². The fourth-order valence-electron chi connectivity index (χ4n) is 3.12. The van der Waals surface area contributed by atoms with E-state index in [1.54, 1.807) is 12.1 Å². The van der Waals surface area contributed by atoms with E-state index in [2.05, 4.69) is 21.2 Å². The van der Waals surface area contributed by atoms with Crippen LogP contribution in [0.1, 0.15) is 29.0 Å². The second kappa shape index (κ2) is 7.51. The smallest absolute Gasteiger partial charge is 0.287 e.